The minimum atomic E-state index is -5.04. The normalized spacial score (nSPS) is 22.7. The van der Waals surface area contributed by atoms with Crippen molar-refractivity contribution in [1.29, 1.82) is 0 Å². The molecule has 2 fully saturated rings. The van der Waals surface area contributed by atoms with Gasteiger partial charge in [-0.2, -0.15) is 13.2 Å². The highest BCUT2D eigenvalue weighted by Crippen LogP contribution is 2.43. The first-order chi connectivity index (χ1) is 26.3. The van der Waals surface area contributed by atoms with E-state index < -0.39 is 36.4 Å². The summed E-state index contributed by atoms with van der Waals surface area (Å²) in [6.45, 7) is 4.51. The number of ether oxygens (including phenoxy) is 2. The molecule has 2 saturated heterocycles. The van der Waals surface area contributed by atoms with Crippen LogP contribution in [0.5, 0.6) is 0 Å². The number of halogens is 3. The van der Waals surface area contributed by atoms with Gasteiger partial charge in [0.1, 0.15) is 6.04 Å². The van der Waals surface area contributed by atoms with Crippen molar-refractivity contribution in [2.45, 2.75) is 82.7 Å². The zero-order valence-corrected chi connectivity index (χ0v) is 31.2. The topological polar surface area (TPSA) is 112 Å². The third kappa shape index (κ3) is 9.45. The van der Waals surface area contributed by atoms with Crippen molar-refractivity contribution in [3.05, 3.63) is 131 Å². The molecule has 0 saturated carbocycles. The fourth-order valence-electron chi connectivity index (χ4n) is 7.43. The van der Waals surface area contributed by atoms with Crippen molar-refractivity contribution in [1.82, 2.24) is 15.1 Å². The van der Waals surface area contributed by atoms with Gasteiger partial charge in [0.2, 0.25) is 5.91 Å². The van der Waals surface area contributed by atoms with E-state index in [-0.39, 0.29) is 50.3 Å². The van der Waals surface area contributed by atoms with Crippen LogP contribution in [0, 0.1) is 5.92 Å². The lowest BCUT2D eigenvalue weighted by atomic mass is 9.89. The van der Waals surface area contributed by atoms with Crippen LogP contribution in [0.15, 0.2) is 103 Å². The molecular weight excluding hydrogens is 711 g/mol. The van der Waals surface area contributed by atoms with Gasteiger partial charge in [-0.3, -0.25) is 14.5 Å². The van der Waals surface area contributed by atoms with Crippen molar-refractivity contribution >= 4 is 11.8 Å². The number of carbonyl (C=O) groups excluding carboxylic acids is 2. The highest BCUT2D eigenvalue weighted by atomic mass is 19.4. The Kier molecular flexibility index (Phi) is 12.7. The maximum absolute atomic E-state index is 13.1. The van der Waals surface area contributed by atoms with Crippen molar-refractivity contribution < 1.29 is 42.4 Å². The second kappa shape index (κ2) is 17.5. The molecule has 0 spiro atoms. The molecule has 0 unspecified atom stereocenters. The van der Waals surface area contributed by atoms with Crippen molar-refractivity contribution in [2.24, 2.45) is 5.92 Å². The van der Waals surface area contributed by atoms with Crippen molar-refractivity contribution in [3.63, 3.8) is 0 Å². The van der Waals surface area contributed by atoms with Crippen LogP contribution in [-0.4, -0.2) is 76.3 Å². The standard InChI is InChI=1S/C43H48F3N3O6/c1-27-37(25-48(3)28(2)38(51)31-11-5-4-6-12-31)54-41(55-39(27)32-19-17-29(26-50)18-20-32)35-15-8-14-34(23-35)33-13-7-10-30(22-33)24-47-40(52)36-16-9-21-49(36)42(53)43(44,45)46/h4-8,10-15,17-20,22-23,27-28,36-39,41,50-51H,9,16,21,24-26H2,1-3H3,(H,47,52)/t27-,28-,36-,37+,38-,39+,41+/m0/s1. The maximum atomic E-state index is 13.1. The fraction of sp³-hybridized carbons (Fsp3) is 0.395. The van der Waals surface area contributed by atoms with Crippen molar-refractivity contribution in [2.75, 3.05) is 20.1 Å². The van der Waals surface area contributed by atoms with E-state index in [0.29, 0.717) is 17.9 Å². The molecule has 4 aromatic rings. The summed E-state index contributed by atoms with van der Waals surface area (Å²) in [5, 5.41) is 23.6. The smallest absolute Gasteiger partial charge is 0.392 e. The van der Waals surface area contributed by atoms with Crippen LogP contribution in [0.1, 0.15) is 73.0 Å². The molecule has 12 heteroatoms. The first-order valence-corrected chi connectivity index (χ1v) is 18.6. The molecule has 2 amide bonds. The predicted octanol–water partition coefficient (Wildman–Crippen LogP) is 6.86. The van der Waals surface area contributed by atoms with Gasteiger partial charge in [-0.25, -0.2) is 0 Å². The third-order valence-electron chi connectivity index (χ3n) is 10.8. The number of alkyl halides is 3. The first-order valence-electron chi connectivity index (χ1n) is 18.6. The Labute approximate surface area is 319 Å². The summed E-state index contributed by atoms with van der Waals surface area (Å²) in [6, 6.07) is 31.2. The Hall–Kier alpha value is -4.59. The molecule has 3 N–H and O–H groups in total. The van der Waals surface area contributed by atoms with E-state index >= 15 is 0 Å². The summed E-state index contributed by atoms with van der Waals surface area (Å²) in [5.74, 6) is -2.68. The average Bonchev–Trinajstić information content (AvgIpc) is 3.70. The Bertz CT molecular complexity index is 1910. The summed E-state index contributed by atoms with van der Waals surface area (Å²) in [7, 11) is 1.98. The Balaban J connectivity index is 1.19. The van der Waals surface area contributed by atoms with E-state index in [9.17, 15) is 33.0 Å². The second-order valence-corrected chi connectivity index (χ2v) is 14.6. The molecule has 0 bridgehead atoms. The van der Waals surface area contributed by atoms with Gasteiger partial charge in [-0.05, 0) is 72.3 Å². The zero-order valence-electron chi connectivity index (χ0n) is 31.2. The van der Waals surface area contributed by atoms with E-state index in [1.165, 1.54) is 0 Å². The van der Waals surface area contributed by atoms with Gasteiger partial charge in [-0.15, -0.1) is 0 Å². The number of amides is 2. The summed E-state index contributed by atoms with van der Waals surface area (Å²) in [5.41, 5.74) is 5.84. The summed E-state index contributed by atoms with van der Waals surface area (Å²) in [6.07, 6.45) is -6.59. The van der Waals surface area contributed by atoms with Crippen LogP contribution in [0.25, 0.3) is 11.1 Å². The summed E-state index contributed by atoms with van der Waals surface area (Å²) >= 11 is 0. The number of carbonyl (C=O) groups is 2. The van der Waals surface area contributed by atoms with E-state index in [0.717, 1.165) is 38.9 Å². The van der Waals surface area contributed by atoms with E-state index in [1.807, 2.05) is 117 Å². The first kappa shape index (κ1) is 40.1. The molecule has 0 radical (unpaired) electrons. The van der Waals surface area contributed by atoms with Gasteiger partial charge >= 0.3 is 12.1 Å². The zero-order chi connectivity index (χ0) is 39.3. The summed E-state index contributed by atoms with van der Waals surface area (Å²) in [4.78, 5) is 27.5. The molecule has 292 valence electrons. The molecule has 55 heavy (non-hydrogen) atoms. The Morgan fingerprint density at radius 3 is 2.29 bits per heavy atom. The molecule has 2 aliphatic heterocycles. The highest BCUT2D eigenvalue weighted by Gasteiger charge is 2.47. The number of likely N-dealkylation sites (tertiary alicyclic amines) is 1. The van der Waals surface area contributed by atoms with Crippen LogP contribution in [0.3, 0.4) is 0 Å². The van der Waals surface area contributed by atoms with Crippen molar-refractivity contribution in [3.8, 4) is 11.1 Å². The monoisotopic (exact) mass is 759 g/mol. The summed E-state index contributed by atoms with van der Waals surface area (Å²) < 4.78 is 52.7. The van der Waals surface area contributed by atoms with Crippen LogP contribution in [-0.2, 0) is 32.2 Å². The van der Waals surface area contributed by atoms with E-state index in [4.69, 9.17) is 9.47 Å². The Morgan fingerprint density at radius 1 is 0.909 bits per heavy atom. The number of hydrogen-bond donors (Lipinski definition) is 3. The molecule has 7 atom stereocenters. The maximum Gasteiger partial charge on any atom is 0.471 e. The van der Waals surface area contributed by atoms with Gasteiger partial charge in [0.05, 0.1) is 24.9 Å². The largest absolute Gasteiger partial charge is 0.471 e. The van der Waals surface area contributed by atoms with Gasteiger partial charge in [0, 0.05) is 37.2 Å². The number of rotatable bonds is 12. The fourth-order valence-corrected chi connectivity index (χ4v) is 7.43. The SMILES string of the molecule is C[C@H]1[C@@H](CN(C)[C@@H](C)[C@H](O)c2ccccc2)O[C@@H](c2cccc(-c3cccc(CNC(=O)[C@@H]4CCCN4C(=O)C(F)(F)F)c3)c2)O[C@H]1c1ccc(CO)cc1. The van der Waals surface area contributed by atoms with Gasteiger partial charge < -0.3 is 29.9 Å². The minimum absolute atomic E-state index is 0.0649. The molecule has 2 aliphatic rings. The minimum Gasteiger partial charge on any atom is -0.392 e. The molecule has 0 aliphatic carbocycles. The van der Waals surface area contributed by atoms with Gasteiger partial charge in [0.15, 0.2) is 6.29 Å². The lowest BCUT2D eigenvalue weighted by molar-refractivity contribution is -0.276. The van der Waals surface area contributed by atoms with Crippen LogP contribution >= 0.6 is 0 Å². The lowest BCUT2D eigenvalue weighted by Crippen LogP contribution is -2.50. The van der Waals surface area contributed by atoms with Gasteiger partial charge in [0.25, 0.3) is 0 Å². The number of likely N-dealkylation sites (N-methyl/N-ethyl adjacent to an activating group) is 1. The second-order valence-electron chi connectivity index (χ2n) is 14.6. The average molecular weight is 760 g/mol. The van der Waals surface area contributed by atoms with Crippen LogP contribution in [0.2, 0.25) is 0 Å². The Morgan fingerprint density at radius 2 is 1.60 bits per heavy atom. The molecular formula is C43H48F3N3O6. The van der Waals surface area contributed by atoms with Gasteiger partial charge in [-0.1, -0.05) is 97.9 Å². The number of benzene rings is 4. The number of nitrogens with one attached hydrogen (secondary N) is 1. The highest BCUT2D eigenvalue weighted by molar-refractivity contribution is 5.90. The molecule has 9 nitrogen and oxygen atoms in total. The van der Waals surface area contributed by atoms with E-state index in [1.54, 1.807) is 0 Å². The lowest BCUT2D eigenvalue weighted by Gasteiger charge is -2.43. The number of aliphatic hydroxyl groups excluding tert-OH is 2. The molecule has 6 rings (SSSR count). The quantitative estimate of drug-likeness (QED) is 0.145. The predicted molar refractivity (Wildman–Crippen MR) is 201 cm³/mol. The molecule has 4 aromatic carbocycles. The van der Waals surface area contributed by atoms with Crippen LogP contribution in [0.4, 0.5) is 13.2 Å². The number of hydrogen-bond acceptors (Lipinski definition) is 7. The number of aliphatic hydroxyl groups is 2. The van der Waals surface area contributed by atoms with E-state index in [2.05, 4.69) is 17.1 Å². The third-order valence-corrected chi connectivity index (χ3v) is 10.8. The van der Waals surface area contributed by atoms with Crippen LogP contribution < -0.4 is 5.32 Å². The molecule has 0 aromatic heterocycles. The molecule has 2 heterocycles. The number of nitrogens with zero attached hydrogens (tertiary/aromatic N) is 2.